The molecule has 0 unspecified atom stereocenters. The van der Waals surface area contributed by atoms with Crippen molar-refractivity contribution in [2.75, 3.05) is 21.3 Å². The van der Waals surface area contributed by atoms with Crippen LogP contribution < -0.4 is 21.3 Å². The Hall–Kier alpha value is -9.18. The molecule has 4 amide bonds. The van der Waals surface area contributed by atoms with Crippen LogP contribution in [0.4, 0.5) is 22.7 Å². The summed E-state index contributed by atoms with van der Waals surface area (Å²) in [7, 11) is 0. The van der Waals surface area contributed by atoms with Gasteiger partial charge >= 0.3 is 23.9 Å². The lowest BCUT2D eigenvalue weighted by molar-refractivity contribution is -0.132. The standard InChI is InChI=1S/C48H38N4O12/c53-39(21-25-43(57)58)49-35-13-5-31(6-14-35)47(32-7-15-36(16-8-32)50-40(54)22-26-44(59)60)29-1-2-30(4-3-29)48(33-9-17-37(18-10-33)51-41(55)23-27-45(61)62)34-11-19-38(20-12-34)52-42(56)24-28-46(63)64/h1-28,47-48H,(H,49,53)(H,50,54)(H,51,55)(H,52,56)(H,57,58)(H,59,60)(H,61,62)(H,63,64)/b25-21+,26-22+,27-23+,28-24+. The van der Waals surface area contributed by atoms with Crippen LogP contribution in [0.25, 0.3) is 0 Å². The molecule has 0 heterocycles. The smallest absolute Gasteiger partial charge is 0.328 e. The largest absolute Gasteiger partial charge is 0.478 e. The number of hydrogen-bond acceptors (Lipinski definition) is 8. The van der Waals surface area contributed by atoms with Crippen molar-refractivity contribution in [2.45, 2.75) is 11.8 Å². The van der Waals surface area contributed by atoms with E-state index in [9.17, 15) is 38.4 Å². The number of carboxylic acid groups (broad SMARTS) is 4. The molecule has 0 fully saturated rings. The van der Waals surface area contributed by atoms with Gasteiger partial charge in [-0.3, -0.25) is 19.2 Å². The first kappa shape index (κ1) is 45.9. The summed E-state index contributed by atoms with van der Waals surface area (Å²) >= 11 is 0. The van der Waals surface area contributed by atoms with Gasteiger partial charge in [0, 0.05) is 83.2 Å². The van der Waals surface area contributed by atoms with Crippen molar-refractivity contribution in [1.29, 1.82) is 0 Å². The molecule has 0 aliphatic carbocycles. The monoisotopic (exact) mass is 862 g/mol. The van der Waals surface area contributed by atoms with Crippen LogP contribution in [0.15, 0.2) is 170 Å². The van der Waals surface area contributed by atoms with Crippen LogP contribution in [0.5, 0.6) is 0 Å². The number of benzene rings is 5. The molecule has 5 aromatic rings. The minimum absolute atomic E-state index is 0.406. The Morgan fingerprint density at radius 2 is 0.438 bits per heavy atom. The Kier molecular flexibility index (Phi) is 15.7. The zero-order chi connectivity index (χ0) is 46.2. The average molecular weight is 863 g/mol. The molecular formula is C48H38N4O12. The fourth-order valence-corrected chi connectivity index (χ4v) is 6.39. The third-order valence-electron chi connectivity index (χ3n) is 9.16. The van der Waals surface area contributed by atoms with Gasteiger partial charge in [0.05, 0.1) is 0 Å². The molecule has 8 N–H and O–H groups in total. The summed E-state index contributed by atoms with van der Waals surface area (Å²) in [5, 5.41) is 46.0. The van der Waals surface area contributed by atoms with Crippen LogP contribution in [0, 0.1) is 0 Å². The molecule has 16 nitrogen and oxygen atoms in total. The van der Waals surface area contributed by atoms with Crippen molar-refractivity contribution in [2.24, 2.45) is 0 Å². The Morgan fingerprint density at radius 3 is 0.594 bits per heavy atom. The van der Waals surface area contributed by atoms with Gasteiger partial charge in [0.1, 0.15) is 0 Å². The van der Waals surface area contributed by atoms with Crippen LogP contribution in [-0.4, -0.2) is 67.9 Å². The van der Waals surface area contributed by atoms with E-state index >= 15 is 0 Å². The first-order valence-corrected chi connectivity index (χ1v) is 19.0. The van der Waals surface area contributed by atoms with E-state index < -0.39 is 59.3 Å². The van der Waals surface area contributed by atoms with E-state index in [0.717, 1.165) is 82.0 Å². The van der Waals surface area contributed by atoms with Gasteiger partial charge in [0.2, 0.25) is 23.6 Å². The van der Waals surface area contributed by atoms with Gasteiger partial charge in [-0.1, -0.05) is 72.8 Å². The maximum atomic E-state index is 12.3. The van der Waals surface area contributed by atoms with E-state index in [-0.39, 0.29) is 0 Å². The third kappa shape index (κ3) is 14.0. The third-order valence-corrected chi connectivity index (χ3v) is 9.16. The molecule has 0 radical (unpaired) electrons. The van der Waals surface area contributed by atoms with Gasteiger partial charge in [-0.05, 0) is 81.9 Å². The van der Waals surface area contributed by atoms with Gasteiger partial charge < -0.3 is 41.7 Å². The van der Waals surface area contributed by atoms with Crippen molar-refractivity contribution in [1.82, 2.24) is 0 Å². The normalized spacial score (nSPS) is 11.3. The number of rotatable bonds is 18. The van der Waals surface area contributed by atoms with Gasteiger partial charge in [-0.25, -0.2) is 19.2 Å². The number of nitrogens with one attached hydrogen (secondary N) is 4. The second kappa shape index (κ2) is 21.9. The molecule has 5 aromatic carbocycles. The molecule has 0 aliphatic rings. The van der Waals surface area contributed by atoms with Crippen LogP contribution in [0.3, 0.4) is 0 Å². The molecule has 0 atom stereocenters. The molecular weight excluding hydrogens is 825 g/mol. The predicted molar refractivity (Wildman–Crippen MR) is 236 cm³/mol. The molecule has 0 aromatic heterocycles. The van der Waals surface area contributed by atoms with Crippen molar-refractivity contribution in [3.63, 3.8) is 0 Å². The second-order valence-electron chi connectivity index (χ2n) is 13.7. The zero-order valence-corrected chi connectivity index (χ0v) is 33.4. The fraction of sp³-hybridized carbons (Fsp3) is 0.0417. The quantitative estimate of drug-likeness (QED) is 0.0353. The Labute approximate surface area is 364 Å². The van der Waals surface area contributed by atoms with E-state index in [2.05, 4.69) is 21.3 Å². The van der Waals surface area contributed by atoms with Crippen LogP contribution in [0.2, 0.25) is 0 Å². The number of aliphatic carboxylic acids is 4. The molecule has 0 bridgehead atoms. The SMILES string of the molecule is O=C(O)/C=C/C(=O)Nc1ccc(C(c2ccc(NC(=O)/C=C/C(=O)O)cc2)c2ccc(C(c3ccc(NC(=O)/C=C/C(=O)O)cc3)c3ccc(NC(=O)/C=C/C(=O)O)cc3)cc2)cc1. The number of amides is 4. The first-order chi connectivity index (χ1) is 30.6. The number of carbonyl (C=O) groups excluding carboxylic acids is 4. The Morgan fingerprint density at radius 1 is 0.281 bits per heavy atom. The zero-order valence-electron chi connectivity index (χ0n) is 33.4. The minimum atomic E-state index is -1.27. The highest BCUT2D eigenvalue weighted by molar-refractivity contribution is 6.04. The first-order valence-electron chi connectivity index (χ1n) is 19.0. The van der Waals surface area contributed by atoms with Crippen molar-refractivity contribution in [3.8, 4) is 0 Å². The minimum Gasteiger partial charge on any atom is -0.478 e. The van der Waals surface area contributed by atoms with E-state index in [1.54, 1.807) is 97.1 Å². The summed E-state index contributed by atoms with van der Waals surface area (Å²) in [6.07, 6.45) is 6.49. The number of anilines is 4. The Balaban J connectivity index is 1.52. The van der Waals surface area contributed by atoms with Crippen LogP contribution >= 0.6 is 0 Å². The number of carbonyl (C=O) groups is 8. The maximum Gasteiger partial charge on any atom is 0.328 e. The van der Waals surface area contributed by atoms with Crippen molar-refractivity contribution < 1.29 is 58.8 Å². The summed E-state index contributed by atoms with van der Waals surface area (Å²) in [6.45, 7) is 0. The predicted octanol–water partition coefficient (Wildman–Crippen LogP) is 6.36. The highest BCUT2D eigenvalue weighted by atomic mass is 16.4. The lowest BCUT2D eigenvalue weighted by atomic mass is 9.81. The maximum absolute atomic E-state index is 12.3. The molecule has 0 aliphatic heterocycles. The van der Waals surface area contributed by atoms with E-state index in [0.29, 0.717) is 22.7 Å². The van der Waals surface area contributed by atoms with Gasteiger partial charge in [0.15, 0.2) is 0 Å². The van der Waals surface area contributed by atoms with Crippen molar-refractivity contribution in [3.05, 3.63) is 203 Å². The summed E-state index contributed by atoms with van der Waals surface area (Å²) in [5.74, 6) is -8.42. The molecule has 64 heavy (non-hydrogen) atoms. The summed E-state index contributed by atoms with van der Waals surface area (Å²) in [5.41, 5.74) is 6.54. The van der Waals surface area contributed by atoms with E-state index in [1.165, 1.54) is 0 Å². The van der Waals surface area contributed by atoms with E-state index in [4.69, 9.17) is 20.4 Å². The molecule has 0 saturated heterocycles. The number of hydrogen-bond donors (Lipinski definition) is 8. The average Bonchev–Trinajstić information content (AvgIpc) is 3.26. The highest BCUT2D eigenvalue weighted by Crippen LogP contribution is 2.37. The molecule has 16 heteroatoms. The molecule has 322 valence electrons. The van der Waals surface area contributed by atoms with Gasteiger partial charge in [-0.2, -0.15) is 0 Å². The molecule has 0 saturated carbocycles. The Bertz CT molecular complexity index is 2320. The van der Waals surface area contributed by atoms with Crippen molar-refractivity contribution >= 4 is 70.3 Å². The van der Waals surface area contributed by atoms with Gasteiger partial charge in [0.25, 0.3) is 0 Å². The van der Waals surface area contributed by atoms with E-state index in [1.807, 2.05) is 24.3 Å². The summed E-state index contributed by atoms with van der Waals surface area (Å²) in [6, 6.07) is 35.6. The summed E-state index contributed by atoms with van der Waals surface area (Å²) < 4.78 is 0. The topological polar surface area (TPSA) is 266 Å². The summed E-state index contributed by atoms with van der Waals surface area (Å²) in [4.78, 5) is 92.5. The highest BCUT2D eigenvalue weighted by Gasteiger charge is 2.21. The number of carboxylic acids is 4. The second-order valence-corrected chi connectivity index (χ2v) is 13.7. The van der Waals surface area contributed by atoms with Crippen LogP contribution in [0.1, 0.15) is 45.2 Å². The van der Waals surface area contributed by atoms with Crippen LogP contribution in [-0.2, 0) is 38.4 Å². The molecule has 5 rings (SSSR count). The van der Waals surface area contributed by atoms with Gasteiger partial charge in [-0.15, -0.1) is 0 Å². The fourth-order valence-electron chi connectivity index (χ4n) is 6.39. The molecule has 0 spiro atoms. The lowest BCUT2D eigenvalue weighted by Gasteiger charge is -2.23. The lowest BCUT2D eigenvalue weighted by Crippen LogP contribution is -2.11.